The Balaban J connectivity index is 2.14. The molecule has 2 aromatic carbocycles. The average Bonchev–Trinajstić information content (AvgIpc) is 2.75. The third-order valence-electron chi connectivity index (χ3n) is 4.99. The van der Waals surface area contributed by atoms with Crippen molar-refractivity contribution in [2.45, 2.75) is 33.0 Å². The van der Waals surface area contributed by atoms with Crippen molar-refractivity contribution in [3.63, 3.8) is 0 Å². The second-order valence-corrected chi connectivity index (χ2v) is 6.79. The molecule has 1 atom stereocenters. The van der Waals surface area contributed by atoms with Crippen molar-refractivity contribution in [2.75, 3.05) is 19.1 Å². The van der Waals surface area contributed by atoms with Crippen LogP contribution in [0.2, 0.25) is 0 Å². The Morgan fingerprint density at radius 1 is 1.14 bits per heavy atom. The van der Waals surface area contributed by atoms with E-state index in [1.807, 2.05) is 43.3 Å². The normalized spacial score (nSPS) is 16.6. The molecular formula is C23H26N2O4. The van der Waals surface area contributed by atoms with Gasteiger partial charge in [0.05, 0.1) is 18.4 Å². The van der Waals surface area contributed by atoms with Gasteiger partial charge in [-0.2, -0.15) is 4.99 Å². The number of aromatic carboxylic acids is 1. The van der Waals surface area contributed by atoms with Crippen molar-refractivity contribution in [3.8, 4) is 11.1 Å². The van der Waals surface area contributed by atoms with Gasteiger partial charge in [0.25, 0.3) is 0 Å². The van der Waals surface area contributed by atoms with Crippen LogP contribution < -0.4 is 4.90 Å². The highest BCUT2D eigenvalue weighted by Crippen LogP contribution is 2.38. The maximum absolute atomic E-state index is 11.2. The number of hydrogen-bond donors (Lipinski definition) is 1. The van der Waals surface area contributed by atoms with Crippen LogP contribution in [0.25, 0.3) is 11.1 Å². The molecular weight excluding hydrogens is 368 g/mol. The van der Waals surface area contributed by atoms with E-state index in [-0.39, 0.29) is 5.56 Å². The van der Waals surface area contributed by atoms with Gasteiger partial charge in [0, 0.05) is 23.9 Å². The maximum atomic E-state index is 11.2. The Morgan fingerprint density at radius 2 is 1.83 bits per heavy atom. The highest BCUT2D eigenvalue weighted by Gasteiger charge is 2.31. The van der Waals surface area contributed by atoms with Crippen LogP contribution in [0.3, 0.4) is 0 Å². The van der Waals surface area contributed by atoms with E-state index in [9.17, 15) is 9.90 Å². The van der Waals surface area contributed by atoms with Crippen LogP contribution >= 0.6 is 0 Å². The number of allylic oxidation sites excluding steroid dienone is 1. The Morgan fingerprint density at radius 3 is 2.41 bits per heavy atom. The number of benzene rings is 2. The van der Waals surface area contributed by atoms with E-state index in [0.29, 0.717) is 5.90 Å². The molecule has 152 valence electrons. The van der Waals surface area contributed by atoms with Gasteiger partial charge in [-0.15, -0.1) is 0 Å². The van der Waals surface area contributed by atoms with Gasteiger partial charge in [0.2, 0.25) is 12.2 Å². The van der Waals surface area contributed by atoms with Crippen molar-refractivity contribution < 1.29 is 19.4 Å². The summed E-state index contributed by atoms with van der Waals surface area (Å²) in [6.07, 6.45) is 1.27. The zero-order chi connectivity index (χ0) is 21.0. The molecule has 0 aromatic heterocycles. The van der Waals surface area contributed by atoms with Crippen LogP contribution in [-0.4, -0.2) is 37.5 Å². The van der Waals surface area contributed by atoms with E-state index in [1.54, 1.807) is 26.4 Å². The molecule has 0 saturated carbocycles. The Labute approximate surface area is 171 Å². The molecule has 6 heteroatoms. The summed E-state index contributed by atoms with van der Waals surface area (Å²) >= 11 is 0. The zero-order valence-electron chi connectivity index (χ0n) is 17.2. The number of hydrogen-bond acceptors (Lipinski definition) is 5. The number of carboxylic acid groups (broad SMARTS) is 1. The molecule has 3 rings (SSSR count). The van der Waals surface area contributed by atoms with Gasteiger partial charge in [-0.1, -0.05) is 43.7 Å². The number of aliphatic imine (C=N–C) groups is 1. The monoisotopic (exact) mass is 394 g/mol. The first kappa shape index (κ1) is 20.6. The van der Waals surface area contributed by atoms with E-state index in [0.717, 1.165) is 40.9 Å². The number of carboxylic acids is 1. The van der Waals surface area contributed by atoms with Gasteiger partial charge in [0.1, 0.15) is 0 Å². The summed E-state index contributed by atoms with van der Waals surface area (Å²) in [6, 6.07) is 14.9. The highest BCUT2D eigenvalue weighted by molar-refractivity contribution is 5.96. The molecule has 0 saturated heterocycles. The molecule has 1 heterocycles. The van der Waals surface area contributed by atoms with E-state index in [4.69, 9.17) is 9.47 Å². The minimum Gasteiger partial charge on any atom is -0.481 e. The van der Waals surface area contributed by atoms with Gasteiger partial charge in [0.15, 0.2) is 0 Å². The highest BCUT2D eigenvalue weighted by atomic mass is 16.5. The second kappa shape index (κ2) is 8.92. The first-order chi connectivity index (χ1) is 14.0. The van der Waals surface area contributed by atoms with Gasteiger partial charge < -0.3 is 14.6 Å². The van der Waals surface area contributed by atoms with Gasteiger partial charge >= 0.3 is 5.97 Å². The lowest BCUT2D eigenvalue weighted by Gasteiger charge is -2.37. The Bertz CT molecular complexity index is 948. The molecule has 0 bridgehead atoms. The van der Waals surface area contributed by atoms with Crippen molar-refractivity contribution in [3.05, 3.63) is 65.4 Å². The lowest BCUT2D eigenvalue weighted by molar-refractivity contribution is 0.0697. The molecule has 29 heavy (non-hydrogen) atoms. The largest absolute Gasteiger partial charge is 0.481 e. The summed E-state index contributed by atoms with van der Waals surface area (Å²) in [5, 5.41) is 9.19. The number of rotatable bonds is 6. The molecule has 0 spiro atoms. The Hall–Kier alpha value is -3.12. The van der Waals surface area contributed by atoms with E-state index >= 15 is 0 Å². The summed E-state index contributed by atoms with van der Waals surface area (Å²) in [4.78, 5) is 17.9. The number of para-hydroxylation sites is 1. The molecule has 1 N–H and O–H groups in total. The standard InChI is InChI=1S/C23H26N2O4/c1-5-8-19-15(2)21(28-3)24-23(29-4)25(19)20-10-7-6-9-18(20)16-11-13-17(14-12-16)22(26)27/h6-7,9-14,23H,5,8H2,1-4H3,(H,26,27). The lowest BCUT2D eigenvalue weighted by atomic mass is 9.99. The SMILES string of the molecule is CCCC1=C(C)C(OC)=NC(OC)N1c1ccccc1-c1ccc(C(=O)O)cc1. The number of methoxy groups -OCH3 is 2. The fraction of sp³-hybridized carbons (Fsp3) is 0.304. The quantitative estimate of drug-likeness (QED) is 0.753. The van der Waals surface area contributed by atoms with Crippen LogP contribution in [0.1, 0.15) is 37.0 Å². The smallest absolute Gasteiger partial charge is 0.335 e. The number of ether oxygens (including phenoxy) is 2. The van der Waals surface area contributed by atoms with Crippen molar-refractivity contribution in [1.29, 1.82) is 0 Å². The summed E-state index contributed by atoms with van der Waals surface area (Å²) in [5.74, 6) is -0.356. The van der Waals surface area contributed by atoms with Crippen LogP contribution in [-0.2, 0) is 9.47 Å². The predicted octanol–water partition coefficient (Wildman–Crippen LogP) is 4.92. The van der Waals surface area contributed by atoms with Crippen molar-refractivity contribution in [1.82, 2.24) is 0 Å². The minimum absolute atomic E-state index is 0.260. The fourth-order valence-corrected chi connectivity index (χ4v) is 3.59. The van der Waals surface area contributed by atoms with Crippen LogP contribution in [0.15, 0.2) is 64.8 Å². The van der Waals surface area contributed by atoms with Gasteiger partial charge in [-0.05, 0) is 37.1 Å². The Kier molecular flexibility index (Phi) is 6.34. The van der Waals surface area contributed by atoms with E-state index in [1.165, 1.54) is 0 Å². The maximum Gasteiger partial charge on any atom is 0.335 e. The number of nitrogens with zero attached hydrogens (tertiary/aromatic N) is 2. The first-order valence-corrected chi connectivity index (χ1v) is 9.58. The molecule has 0 amide bonds. The zero-order valence-corrected chi connectivity index (χ0v) is 17.2. The first-order valence-electron chi connectivity index (χ1n) is 9.58. The molecule has 1 aliphatic heterocycles. The molecule has 2 aromatic rings. The van der Waals surface area contributed by atoms with Crippen molar-refractivity contribution >= 4 is 17.6 Å². The van der Waals surface area contributed by atoms with Crippen molar-refractivity contribution in [2.24, 2.45) is 4.99 Å². The van der Waals surface area contributed by atoms with Crippen LogP contribution in [0.5, 0.6) is 0 Å². The summed E-state index contributed by atoms with van der Waals surface area (Å²) in [7, 11) is 3.25. The average molecular weight is 394 g/mol. The molecule has 6 nitrogen and oxygen atoms in total. The summed E-state index contributed by atoms with van der Waals surface area (Å²) in [5.41, 5.74) is 5.19. The minimum atomic E-state index is -0.939. The molecule has 1 aliphatic rings. The lowest BCUT2D eigenvalue weighted by Crippen LogP contribution is -2.40. The third-order valence-corrected chi connectivity index (χ3v) is 4.99. The predicted molar refractivity (Wildman–Crippen MR) is 114 cm³/mol. The number of carbonyl (C=O) groups is 1. The molecule has 1 unspecified atom stereocenters. The van der Waals surface area contributed by atoms with E-state index < -0.39 is 12.3 Å². The van der Waals surface area contributed by atoms with Gasteiger partial charge in [-0.3, -0.25) is 4.90 Å². The third kappa shape index (κ3) is 4.03. The van der Waals surface area contributed by atoms with Gasteiger partial charge in [-0.25, -0.2) is 4.79 Å². The van der Waals surface area contributed by atoms with Crippen LogP contribution in [0.4, 0.5) is 5.69 Å². The van der Waals surface area contributed by atoms with Crippen LogP contribution in [0, 0.1) is 0 Å². The van der Waals surface area contributed by atoms with E-state index in [2.05, 4.69) is 16.8 Å². The summed E-state index contributed by atoms with van der Waals surface area (Å²) in [6.45, 7) is 4.14. The topological polar surface area (TPSA) is 71.4 Å². The molecule has 0 fully saturated rings. The number of anilines is 1. The second-order valence-electron chi connectivity index (χ2n) is 6.79. The molecule has 0 radical (unpaired) electrons. The summed E-state index contributed by atoms with van der Waals surface area (Å²) < 4.78 is 11.2. The fourth-order valence-electron chi connectivity index (χ4n) is 3.59. The molecule has 0 aliphatic carbocycles.